The molecule has 0 unspecified atom stereocenters. The summed E-state index contributed by atoms with van der Waals surface area (Å²) in [5.41, 5.74) is 5.87. The Kier molecular flexibility index (Phi) is 3.81. The Morgan fingerprint density at radius 2 is 1.83 bits per heavy atom. The molecule has 1 amide bonds. The normalized spacial score (nSPS) is 12.4. The van der Waals surface area contributed by atoms with E-state index in [9.17, 15) is 9.18 Å². The van der Waals surface area contributed by atoms with Crippen LogP contribution in [0.5, 0.6) is 0 Å². The maximum atomic E-state index is 13.2. The van der Waals surface area contributed by atoms with Gasteiger partial charge in [-0.05, 0) is 52.3 Å². The number of hydrogen-bond donors (Lipinski definition) is 2. The highest BCUT2D eigenvalue weighted by atomic mass is 19.1. The Morgan fingerprint density at radius 1 is 1.28 bits per heavy atom. The van der Waals surface area contributed by atoms with Gasteiger partial charge in [-0.15, -0.1) is 0 Å². The van der Waals surface area contributed by atoms with Gasteiger partial charge >= 0.3 is 0 Å². The second-order valence-electron chi connectivity index (χ2n) is 5.76. The number of amides is 1. The zero-order valence-corrected chi connectivity index (χ0v) is 11.6. The van der Waals surface area contributed by atoms with Crippen LogP contribution in [-0.2, 0) is 4.79 Å². The highest BCUT2D eigenvalue weighted by Crippen LogP contribution is 2.30. The molecule has 100 valence electrons. The van der Waals surface area contributed by atoms with E-state index in [1.54, 1.807) is 33.8 Å². The molecule has 0 fully saturated rings. The smallest absolute Gasteiger partial charge is 0.231 e. The van der Waals surface area contributed by atoms with Crippen molar-refractivity contribution in [2.45, 2.75) is 40.2 Å². The van der Waals surface area contributed by atoms with Crippen LogP contribution in [0, 0.1) is 18.2 Å². The van der Waals surface area contributed by atoms with Gasteiger partial charge in [0.1, 0.15) is 5.82 Å². The summed E-state index contributed by atoms with van der Waals surface area (Å²) in [5, 5.41) is 2.74. The molecule has 18 heavy (non-hydrogen) atoms. The van der Waals surface area contributed by atoms with Crippen LogP contribution in [0.4, 0.5) is 10.1 Å². The van der Waals surface area contributed by atoms with Gasteiger partial charge in [0.15, 0.2) is 0 Å². The number of carbonyl (C=O) groups excluding carboxylic acids is 1. The van der Waals surface area contributed by atoms with E-state index in [2.05, 4.69) is 5.32 Å². The molecular formula is C14H21FN2O. The Morgan fingerprint density at radius 3 is 2.33 bits per heavy atom. The summed E-state index contributed by atoms with van der Waals surface area (Å²) in [6.45, 7) is 8.96. The molecule has 3 nitrogen and oxygen atoms in total. The molecule has 0 radical (unpaired) electrons. The lowest BCUT2D eigenvalue weighted by atomic mass is 9.74. The fourth-order valence-corrected chi connectivity index (χ4v) is 1.30. The van der Waals surface area contributed by atoms with Crippen molar-refractivity contribution in [3.8, 4) is 0 Å². The summed E-state index contributed by atoms with van der Waals surface area (Å²) >= 11 is 0. The van der Waals surface area contributed by atoms with Gasteiger partial charge in [0.05, 0.1) is 5.41 Å². The lowest BCUT2D eigenvalue weighted by Crippen LogP contribution is -2.53. The number of nitrogens with one attached hydrogen (secondary N) is 1. The number of benzene rings is 1. The predicted octanol–water partition coefficient (Wildman–Crippen LogP) is 2.84. The summed E-state index contributed by atoms with van der Waals surface area (Å²) in [6.07, 6.45) is 0. The van der Waals surface area contributed by atoms with E-state index >= 15 is 0 Å². The fraction of sp³-hybridized carbons (Fsp3) is 0.500. The van der Waals surface area contributed by atoms with Crippen LogP contribution in [0.1, 0.15) is 33.3 Å². The maximum absolute atomic E-state index is 13.2. The van der Waals surface area contributed by atoms with Crippen molar-refractivity contribution in [3.63, 3.8) is 0 Å². The molecular weight excluding hydrogens is 231 g/mol. The van der Waals surface area contributed by atoms with Crippen LogP contribution in [0.25, 0.3) is 0 Å². The summed E-state index contributed by atoms with van der Waals surface area (Å²) < 4.78 is 13.2. The van der Waals surface area contributed by atoms with E-state index in [0.29, 0.717) is 5.69 Å². The van der Waals surface area contributed by atoms with Crippen molar-refractivity contribution in [1.29, 1.82) is 0 Å². The van der Waals surface area contributed by atoms with E-state index in [4.69, 9.17) is 5.73 Å². The quantitative estimate of drug-likeness (QED) is 0.869. The third kappa shape index (κ3) is 2.88. The summed E-state index contributed by atoms with van der Waals surface area (Å²) in [4.78, 5) is 12.2. The standard InChI is InChI=1S/C14H21FN2O/c1-9-6-7-10(15)8-11(9)17-12(18)13(2,3)14(4,5)16/h6-8H,16H2,1-5H3,(H,17,18). The average molecular weight is 252 g/mol. The Hall–Kier alpha value is -1.42. The van der Waals surface area contributed by atoms with Gasteiger partial charge in [-0.1, -0.05) is 6.07 Å². The Bertz CT molecular complexity index is 461. The number of anilines is 1. The van der Waals surface area contributed by atoms with Crippen LogP contribution in [0.3, 0.4) is 0 Å². The minimum Gasteiger partial charge on any atom is -0.325 e. The van der Waals surface area contributed by atoms with Crippen molar-refractivity contribution in [1.82, 2.24) is 0 Å². The molecule has 0 aromatic heterocycles. The number of aryl methyl sites for hydroxylation is 1. The predicted molar refractivity (Wildman–Crippen MR) is 71.8 cm³/mol. The van der Waals surface area contributed by atoms with Gasteiger partial charge in [0.25, 0.3) is 0 Å². The molecule has 3 N–H and O–H groups in total. The van der Waals surface area contributed by atoms with Gasteiger partial charge in [-0.3, -0.25) is 4.79 Å². The number of hydrogen-bond acceptors (Lipinski definition) is 2. The average Bonchev–Trinajstić information content (AvgIpc) is 2.21. The molecule has 0 aliphatic heterocycles. The van der Waals surface area contributed by atoms with E-state index in [1.807, 2.05) is 6.92 Å². The molecule has 1 aromatic carbocycles. The van der Waals surface area contributed by atoms with Crippen LogP contribution in [-0.4, -0.2) is 11.4 Å². The van der Waals surface area contributed by atoms with Crippen molar-refractivity contribution in [2.75, 3.05) is 5.32 Å². The lowest BCUT2D eigenvalue weighted by Gasteiger charge is -2.37. The van der Waals surface area contributed by atoms with Crippen molar-refractivity contribution in [3.05, 3.63) is 29.6 Å². The molecule has 0 aliphatic carbocycles. The summed E-state index contributed by atoms with van der Waals surface area (Å²) in [5.74, 6) is -0.593. The number of nitrogens with two attached hydrogens (primary N) is 1. The van der Waals surface area contributed by atoms with E-state index in [-0.39, 0.29) is 11.7 Å². The molecule has 0 spiro atoms. The first-order valence-electron chi connectivity index (χ1n) is 5.92. The molecule has 0 atom stereocenters. The van der Waals surface area contributed by atoms with E-state index < -0.39 is 11.0 Å². The fourth-order valence-electron chi connectivity index (χ4n) is 1.30. The largest absolute Gasteiger partial charge is 0.325 e. The number of carbonyl (C=O) groups is 1. The zero-order chi connectivity index (χ0) is 14.1. The molecule has 4 heteroatoms. The Balaban J connectivity index is 2.98. The first-order chi connectivity index (χ1) is 8.05. The third-order valence-electron chi connectivity index (χ3n) is 3.63. The van der Waals surface area contributed by atoms with E-state index in [1.165, 1.54) is 12.1 Å². The third-order valence-corrected chi connectivity index (χ3v) is 3.63. The molecule has 0 aliphatic rings. The first-order valence-corrected chi connectivity index (χ1v) is 5.92. The Labute approximate surface area is 108 Å². The first kappa shape index (κ1) is 14.6. The molecule has 0 saturated carbocycles. The van der Waals surface area contributed by atoms with Crippen LogP contribution >= 0.6 is 0 Å². The number of halogens is 1. The monoisotopic (exact) mass is 252 g/mol. The lowest BCUT2D eigenvalue weighted by molar-refractivity contribution is -0.126. The van der Waals surface area contributed by atoms with Crippen molar-refractivity contribution >= 4 is 11.6 Å². The van der Waals surface area contributed by atoms with Gasteiger partial charge < -0.3 is 11.1 Å². The van der Waals surface area contributed by atoms with E-state index in [0.717, 1.165) is 5.56 Å². The SMILES string of the molecule is Cc1ccc(F)cc1NC(=O)C(C)(C)C(C)(C)N. The van der Waals surface area contributed by atoms with Crippen LogP contribution in [0.2, 0.25) is 0 Å². The van der Waals surface area contributed by atoms with Crippen LogP contribution in [0.15, 0.2) is 18.2 Å². The second kappa shape index (κ2) is 4.69. The zero-order valence-electron chi connectivity index (χ0n) is 11.6. The van der Waals surface area contributed by atoms with Crippen molar-refractivity contribution in [2.24, 2.45) is 11.1 Å². The topological polar surface area (TPSA) is 55.1 Å². The van der Waals surface area contributed by atoms with Gasteiger partial charge in [-0.25, -0.2) is 4.39 Å². The van der Waals surface area contributed by atoms with Crippen LogP contribution < -0.4 is 11.1 Å². The molecule has 1 aromatic rings. The summed E-state index contributed by atoms with van der Waals surface area (Å²) in [7, 11) is 0. The van der Waals surface area contributed by atoms with Gasteiger partial charge in [0.2, 0.25) is 5.91 Å². The molecule has 0 bridgehead atoms. The minimum absolute atomic E-state index is 0.219. The minimum atomic E-state index is -0.758. The second-order valence-corrected chi connectivity index (χ2v) is 5.76. The molecule has 0 saturated heterocycles. The molecule has 1 rings (SSSR count). The highest BCUT2D eigenvalue weighted by Gasteiger charge is 2.40. The van der Waals surface area contributed by atoms with Crippen molar-refractivity contribution < 1.29 is 9.18 Å². The summed E-state index contributed by atoms with van der Waals surface area (Å²) in [6, 6.07) is 4.31. The highest BCUT2D eigenvalue weighted by molar-refractivity contribution is 5.96. The van der Waals surface area contributed by atoms with Gasteiger partial charge in [-0.2, -0.15) is 0 Å². The number of rotatable bonds is 3. The maximum Gasteiger partial charge on any atom is 0.231 e. The molecule has 0 heterocycles. The van der Waals surface area contributed by atoms with Gasteiger partial charge in [0, 0.05) is 11.2 Å².